The van der Waals surface area contributed by atoms with Gasteiger partial charge in [0.1, 0.15) is 0 Å². The third-order valence-corrected chi connectivity index (χ3v) is 4.72. The first-order valence-electron chi connectivity index (χ1n) is 7.04. The summed E-state index contributed by atoms with van der Waals surface area (Å²) in [5.74, 6) is 0.369. The van der Waals surface area contributed by atoms with Gasteiger partial charge in [-0.25, -0.2) is 0 Å². The van der Waals surface area contributed by atoms with Crippen LogP contribution in [0.15, 0.2) is 30.3 Å². The number of hydrogen-bond acceptors (Lipinski definition) is 1. The smallest absolute Gasteiger partial charge is 0.222 e. The monoisotopic (exact) mass is 243 g/mol. The SMILES string of the molecule is CC1(c2ccccc2)CCC(=O)N(C2CCC2)C1. The number of likely N-dealkylation sites (tertiary alicyclic amines) is 1. The fourth-order valence-electron chi connectivity index (χ4n) is 3.18. The number of amides is 1. The van der Waals surface area contributed by atoms with Crippen LogP contribution in [-0.2, 0) is 10.2 Å². The number of carbonyl (C=O) groups excluding carboxylic acids is 1. The average Bonchev–Trinajstić information content (AvgIpc) is 2.33. The number of carbonyl (C=O) groups is 1. The zero-order chi connectivity index (χ0) is 12.6. The first kappa shape index (κ1) is 11.8. The molecule has 0 bridgehead atoms. The minimum Gasteiger partial charge on any atom is -0.339 e. The molecule has 18 heavy (non-hydrogen) atoms. The second-order valence-corrected chi connectivity index (χ2v) is 6.03. The number of piperidine rings is 1. The van der Waals surface area contributed by atoms with Gasteiger partial charge in [-0.1, -0.05) is 37.3 Å². The molecule has 0 radical (unpaired) electrons. The van der Waals surface area contributed by atoms with Gasteiger partial charge in [0.2, 0.25) is 5.91 Å². The van der Waals surface area contributed by atoms with Gasteiger partial charge in [-0.15, -0.1) is 0 Å². The highest BCUT2D eigenvalue weighted by Gasteiger charge is 2.40. The predicted octanol–water partition coefficient (Wildman–Crippen LogP) is 3.12. The van der Waals surface area contributed by atoms with Gasteiger partial charge in [-0.2, -0.15) is 0 Å². The quantitative estimate of drug-likeness (QED) is 0.781. The van der Waals surface area contributed by atoms with Crippen molar-refractivity contribution >= 4 is 5.91 Å². The van der Waals surface area contributed by atoms with E-state index in [9.17, 15) is 4.79 Å². The number of benzene rings is 1. The van der Waals surface area contributed by atoms with Gasteiger partial charge in [0.15, 0.2) is 0 Å². The Hall–Kier alpha value is -1.31. The van der Waals surface area contributed by atoms with Crippen molar-refractivity contribution in [3.63, 3.8) is 0 Å². The van der Waals surface area contributed by atoms with Crippen LogP contribution in [-0.4, -0.2) is 23.4 Å². The summed E-state index contributed by atoms with van der Waals surface area (Å²) in [5, 5.41) is 0. The van der Waals surface area contributed by atoms with E-state index in [4.69, 9.17) is 0 Å². The average molecular weight is 243 g/mol. The highest BCUT2D eigenvalue weighted by atomic mass is 16.2. The van der Waals surface area contributed by atoms with E-state index >= 15 is 0 Å². The van der Waals surface area contributed by atoms with Crippen LogP contribution in [0, 0.1) is 0 Å². The van der Waals surface area contributed by atoms with Crippen LogP contribution in [0.4, 0.5) is 0 Å². The van der Waals surface area contributed by atoms with Crippen LogP contribution >= 0.6 is 0 Å². The van der Waals surface area contributed by atoms with Crippen LogP contribution in [0.1, 0.15) is 44.6 Å². The molecule has 1 amide bonds. The summed E-state index contributed by atoms with van der Waals surface area (Å²) in [7, 11) is 0. The van der Waals surface area contributed by atoms with E-state index in [0.717, 1.165) is 13.0 Å². The molecule has 1 saturated heterocycles. The molecular weight excluding hydrogens is 222 g/mol. The molecule has 1 aromatic rings. The Morgan fingerprint density at radius 3 is 2.56 bits per heavy atom. The van der Waals surface area contributed by atoms with Crippen molar-refractivity contribution in [1.82, 2.24) is 4.90 Å². The zero-order valence-corrected chi connectivity index (χ0v) is 11.1. The summed E-state index contributed by atoms with van der Waals surface area (Å²) >= 11 is 0. The molecule has 3 rings (SSSR count). The molecule has 0 N–H and O–H groups in total. The van der Waals surface area contributed by atoms with Gasteiger partial charge in [0, 0.05) is 24.4 Å². The normalized spacial score (nSPS) is 29.2. The standard InChI is InChI=1S/C16H21NO/c1-16(13-6-3-2-4-7-13)11-10-15(18)17(12-16)14-8-5-9-14/h2-4,6-7,14H,5,8-12H2,1H3. The Balaban J connectivity index is 1.83. The molecule has 2 aliphatic rings. The van der Waals surface area contributed by atoms with Gasteiger partial charge in [0.05, 0.1) is 0 Å². The van der Waals surface area contributed by atoms with Crippen molar-refractivity contribution in [1.29, 1.82) is 0 Å². The van der Waals surface area contributed by atoms with E-state index in [2.05, 4.69) is 42.2 Å². The fourth-order valence-corrected chi connectivity index (χ4v) is 3.18. The van der Waals surface area contributed by atoms with Gasteiger partial charge >= 0.3 is 0 Å². The summed E-state index contributed by atoms with van der Waals surface area (Å²) in [6.07, 6.45) is 5.39. The molecule has 2 fully saturated rings. The third kappa shape index (κ3) is 1.94. The topological polar surface area (TPSA) is 20.3 Å². The Morgan fingerprint density at radius 1 is 1.22 bits per heavy atom. The number of nitrogens with zero attached hydrogens (tertiary/aromatic N) is 1. The minimum absolute atomic E-state index is 0.144. The zero-order valence-electron chi connectivity index (χ0n) is 11.1. The Morgan fingerprint density at radius 2 is 1.94 bits per heavy atom. The molecule has 2 nitrogen and oxygen atoms in total. The Labute approximate surface area is 109 Å². The lowest BCUT2D eigenvalue weighted by molar-refractivity contribution is -0.140. The molecule has 1 saturated carbocycles. The Kier molecular flexibility index (Phi) is 2.89. The second-order valence-electron chi connectivity index (χ2n) is 6.03. The lowest BCUT2D eigenvalue weighted by Gasteiger charge is -2.47. The first-order valence-corrected chi connectivity index (χ1v) is 7.04. The molecule has 1 aliphatic heterocycles. The lowest BCUT2D eigenvalue weighted by Crippen LogP contribution is -2.53. The summed E-state index contributed by atoms with van der Waals surface area (Å²) < 4.78 is 0. The minimum atomic E-state index is 0.144. The van der Waals surface area contributed by atoms with Gasteiger partial charge in [-0.3, -0.25) is 4.79 Å². The molecule has 0 aromatic heterocycles. The van der Waals surface area contributed by atoms with E-state index in [1.807, 2.05) is 0 Å². The summed E-state index contributed by atoms with van der Waals surface area (Å²) in [5.41, 5.74) is 1.52. The highest BCUT2D eigenvalue weighted by molar-refractivity contribution is 5.78. The Bertz CT molecular complexity index is 438. The van der Waals surface area contributed by atoms with Crippen molar-refractivity contribution in [2.75, 3.05) is 6.54 Å². The molecule has 1 heterocycles. The van der Waals surface area contributed by atoms with Crippen LogP contribution in [0.3, 0.4) is 0 Å². The van der Waals surface area contributed by atoms with Crippen molar-refractivity contribution in [3.8, 4) is 0 Å². The van der Waals surface area contributed by atoms with Crippen LogP contribution in [0.5, 0.6) is 0 Å². The molecule has 1 aliphatic carbocycles. The largest absolute Gasteiger partial charge is 0.339 e. The summed E-state index contributed by atoms with van der Waals surface area (Å²) in [6.45, 7) is 3.21. The first-order chi connectivity index (χ1) is 8.69. The fraction of sp³-hybridized carbons (Fsp3) is 0.562. The van der Waals surface area contributed by atoms with Crippen LogP contribution in [0.25, 0.3) is 0 Å². The summed E-state index contributed by atoms with van der Waals surface area (Å²) in [6, 6.07) is 11.2. The lowest BCUT2D eigenvalue weighted by atomic mass is 9.74. The molecule has 1 unspecified atom stereocenters. The van der Waals surface area contributed by atoms with Crippen molar-refractivity contribution in [2.24, 2.45) is 0 Å². The van der Waals surface area contributed by atoms with E-state index in [1.165, 1.54) is 24.8 Å². The van der Waals surface area contributed by atoms with Gasteiger partial charge in [0.25, 0.3) is 0 Å². The maximum atomic E-state index is 12.1. The van der Waals surface area contributed by atoms with Crippen LogP contribution in [0.2, 0.25) is 0 Å². The summed E-state index contributed by atoms with van der Waals surface area (Å²) in [4.78, 5) is 14.2. The second kappa shape index (κ2) is 4.42. The van der Waals surface area contributed by atoms with E-state index < -0.39 is 0 Å². The van der Waals surface area contributed by atoms with Crippen LogP contribution < -0.4 is 0 Å². The molecule has 2 heteroatoms. The van der Waals surface area contributed by atoms with E-state index in [1.54, 1.807) is 0 Å². The molecular formula is C16H21NO. The maximum absolute atomic E-state index is 12.1. The van der Waals surface area contributed by atoms with Crippen molar-refractivity contribution in [3.05, 3.63) is 35.9 Å². The maximum Gasteiger partial charge on any atom is 0.222 e. The molecule has 96 valence electrons. The predicted molar refractivity (Wildman–Crippen MR) is 72.4 cm³/mol. The van der Waals surface area contributed by atoms with E-state index in [-0.39, 0.29) is 5.41 Å². The number of rotatable bonds is 2. The van der Waals surface area contributed by atoms with E-state index in [0.29, 0.717) is 18.4 Å². The third-order valence-electron chi connectivity index (χ3n) is 4.72. The molecule has 0 spiro atoms. The molecule has 1 atom stereocenters. The van der Waals surface area contributed by atoms with Gasteiger partial charge in [-0.05, 0) is 31.2 Å². The van der Waals surface area contributed by atoms with Crippen molar-refractivity contribution < 1.29 is 4.79 Å². The number of hydrogen-bond donors (Lipinski definition) is 0. The molecule has 1 aromatic carbocycles. The highest BCUT2D eigenvalue weighted by Crippen LogP contribution is 2.37. The van der Waals surface area contributed by atoms with Crippen molar-refractivity contribution in [2.45, 2.75) is 50.5 Å². The van der Waals surface area contributed by atoms with Gasteiger partial charge < -0.3 is 4.90 Å².